The lowest BCUT2D eigenvalue weighted by Crippen LogP contribution is -2.35. The van der Waals surface area contributed by atoms with E-state index in [9.17, 15) is 14.4 Å². The number of carbonyl (C=O) groups is 3. The lowest BCUT2D eigenvalue weighted by Gasteiger charge is -2.24. The summed E-state index contributed by atoms with van der Waals surface area (Å²) in [6.45, 7) is 0.210. The lowest BCUT2D eigenvalue weighted by molar-refractivity contribution is 0.0564. The number of nitrogens with zero attached hydrogens (tertiary/aromatic N) is 2. The van der Waals surface area contributed by atoms with Gasteiger partial charge in [0.05, 0.1) is 29.1 Å². The predicted octanol–water partition coefficient (Wildman–Crippen LogP) is 3.46. The first-order valence-electron chi connectivity index (χ1n) is 9.60. The number of fused-ring (bicyclic) bond motifs is 1. The van der Waals surface area contributed by atoms with E-state index in [0.29, 0.717) is 29.8 Å². The van der Waals surface area contributed by atoms with E-state index < -0.39 is 12.1 Å². The topological polar surface area (TPSA) is 115 Å². The SMILES string of the molecule is O=C(O)NCCCC(c1ncc(-c2ccccc2)[nH]1)N1C(=O)c2ccccc2C1=O. The summed E-state index contributed by atoms with van der Waals surface area (Å²) in [5.41, 5.74) is 2.44. The van der Waals surface area contributed by atoms with Gasteiger partial charge in [0.1, 0.15) is 5.82 Å². The van der Waals surface area contributed by atoms with Crippen LogP contribution in [0.4, 0.5) is 4.79 Å². The second-order valence-corrected chi connectivity index (χ2v) is 6.96. The van der Waals surface area contributed by atoms with Gasteiger partial charge in [-0.1, -0.05) is 42.5 Å². The van der Waals surface area contributed by atoms with Gasteiger partial charge in [0.25, 0.3) is 11.8 Å². The van der Waals surface area contributed by atoms with Crippen LogP contribution in [0.5, 0.6) is 0 Å². The molecule has 152 valence electrons. The molecule has 1 aliphatic rings. The highest BCUT2D eigenvalue weighted by Crippen LogP contribution is 2.33. The molecule has 2 aromatic carbocycles. The van der Waals surface area contributed by atoms with Crippen LogP contribution in [-0.4, -0.2) is 44.4 Å². The molecule has 3 N–H and O–H groups in total. The van der Waals surface area contributed by atoms with E-state index >= 15 is 0 Å². The summed E-state index contributed by atoms with van der Waals surface area (Å²) in [5.74, 6) is -0.257. The fourth-order valence-electron chi connectivity index (χ4n) is 3.64. The van der Waals surface area contributed by atoms with Gasteiger partial charge in [-0.3, -0.25) is 14.5 Å². The van der Waals surface area contributed by atoms with Crippen LogP contribution in [0, 0.1) is 0 Å². The number of nitrogens with one attached hydrogen (secondary N) is 2. The first kappa shape index (κ1) is 19.4. The van der Waals surface area contributed by atoms with Crippen LogP contribution < -0.4 is 5.32 Å². The van der Waals surface area contributed by atoms with Crippen LogP contribution in [0.3, 0.4) is 0 Å². The molecule has 30 heavy (non-hydrogen) atoms. The fourth-order valence-corrected chi connectivity index (χ4v) is 3.64. The Morgan fingerprint density at radius 3 is 2.30 bits per heavy atom. The van der Waals surface area contributed by atoms with Gasteiger partial charge in [-0.2, -0.15) is 0 Å². The minimum atomic E-state index is -1.11. The van der Waals surface area contributed by atoms with Crippen molar-refractivity contribution in [3.8, 4) is 11.3 Å². The van der Waals surface area contributed by atoms with E-state index in [1.807, 2.05) is 30.3 Å². The number of H-pyrrole nitrogens is 1. The molecule has 0 saturated carbocycles. The number of carbonyl (C=O) groups excluding carboxylic acids is 2. The maximum atomic E-state index is 13.0. The molecule has 0 saturated heterocycles. The first-order chi connectivity index (χ1) is 14.6. The number of hydrogen-bond acceptors (Lipinski definition) is 4. The highest BCUT2D eigenvalue weighted by molar-refractivity contribution is 6.21. The zero-order chi connectivity index (χ0) is 21.1. The Bertz CT molecular complexity index is 1060. The zero-order valence-electron chi connectivity index (χ0n) is 16.0. The summed E-state index contributed by atoms with van der Waals surface area (Å²) in [4.78, 5) is 45.6. The van der Waals surface area contributed by atoms with Crippen LogP contribution in [0.1, 0.15) is 45.4 Å². The summed E-state index contributed by atoms with van der Waals surface area (Å²) < 4.78 is 0. The minimum Gasteiger partial charge on any atom is -0.465 e. The number of amides is 3. The number of rotatable bonds is 7. The Morgan fingerprint density at radius 1 is 1.03 bits per heavy atom. The van der Waals surface area contributed by atoms with E-state index in [4.69, 9.17) is 5.11 Å². The summed E-state index contributed by atoms with van der Waals surface area (Å²) >= 11 is 0. The Labute approximate surface area is 172 Å². The Morgan fingerprint density at radius 2 is 1.67 bits per heavy atom. The third kappa shape index (κ3) is 3.67. The molecule has 3 amide bonds. The number of benzene rings is 2. The average molecular weight is 404 g/mol. The summed E-state index contributed by atoms with van der Waals surface area (Å²) in [6, 6.07) is 15.7. The Kier molecular flexibility index (Phi) is 5.30. The summed E-state index contributed by atoms with van der Waals surface area (Å²) in [7, 11) is 0. The number of imidazole rings is 1. The molecular weight excluding hydrogens is 384 g/mol. The van der Waals surface area contributed by atoms with Gasteiger partial charge in [0.15, 0.2) is 0 Å². The molecule has 0 aliphatic carbocycles. The molecule has 4 rings (SSSR count). The van der Waals surface area contributed by atoms with Crippen molar-refractivity contribution in [2.45, 2.75) is 18.9 Å². The van der Waals surface area contributed by atoms with Crippen molar-refractivity contribution in [2.75, 3.05) is 6.54 Å². The maximum absolute atomic E-state index is 13.0. The molecule has 1 aromatic heterocycles. The molecule has 8 nitrogen and oxygen atoms in total. The van der Waals surface area contributed by atoms with Crippen LogP contribution in [-0.2, 0) is 0 Å². The normalized spacial score (nSPS) is 13.9. The molecule has 0 spiro atoms. The van der Waals surface area contributed by atoms with Gasteiger partial charge < -0.3 is 15.4 Å². The molecule has 1 unspecified atom stereocenters. The van der Waals surface area contributed by atoms with Crippen molar-refractivity contribution in [2.24, 2.45) is 0 Å². The molecular formula is C22H20N4O4. The van der Waals surface area contributed by atoms with Crippen molar-refractivity contribution in [1.29, 1.82) is 0 Å². The standard InChI is InChI=1S/C22H20N4O4/c27-20-15-9-4-5-10-16(15)21(28)26(20)18(11-6-12-23-22(29)30)19-24-13-17(25-19)14-7-2-1-3-8-14/h1-5,7-10,13,18,23H,6,11-12H2,(H,24,25)(H,29,30). The van der Waals surface area contributed by atoms with Gasteiger partial charge in [0.2, 0.25) is 0 Å². The summed E-state index contributed by atoms with van der Waals surface area (Å²) in [6.07, 6.45) is 1.36. The highest BCUT2D eigenvalue weighted by Gasteiger charge is 2.41. The van der Waals surface area contributed by atoms with Crippen molar-refractivity contribution in [3.05, 3.63) is 77.7 Å². The van der Waals surface area contributed by atoms with Gasteiger partial charge >= 0.3 is 6.09 Å². The number of aromatic amines is 1. The van der Waals surface area contributed by atoms with Crippen molar-refractivity contribution < 1.29 is 19.5 Å². The molecule has 1 atom stereocenters. The molecule has 3 aromatic rings. The van der Waals surface area contributed by atoms with Gasteiger partial charge in [-0.25, -0.2) is 9.78 Å². The smallest absolute Gasteiger partial charge is 0.404 e. The van der Waals surface area contributed by atoms with Crippen LogP contribution in [0.2, 0.25) is 0 Å². The third-order valence-corrected chi connectivity index (χ3v) is 5.06. The second kappa shape index (κ2) is 8.20. The first-order valence-corrected chi connectivity index (χ1v) is 9.60. The number of hydrogen-bond donors (Lipinski definition) is 3. The molecule has 0 fully saturated rings. The highest BCUT2D eigenvalue weighted by atomic mass is 16.4. The van der Waals surface area contributed by atoms with Gasteiger partial charge in [0, 0.05) is 6.54 Å². The minimum absolute atomic E-state index is 0.210. The quantitative estimate of drug-likeness (QED) is 0.412. The Hall–Kier alpha value is -3.94. The predicted molar refractivity (Wildman–Crippen MR) is 109 cm³/mol. The number of aromatic nitrogens is 2. The van der Waals surface area contributed by atoms with Crippen molar-refractivity contribution in [1.82, 2.24) is 20.2 Å². The van der Waals surface area contributed by atoms with Crippen LogP contribution in [0.25, 0.3) is 11.3 Å². The maximum Gasteiger partial charge on any atom is 0.404 e. The van der Waals surface area contributed by atoms with Crippen molar-refractivity contribution >= 4 is 17.9 Å². The van der Waals surface area contributed by atoms with E-state index in [2.05, 4.69) is 15.3 Å². The lowest BCUT2D eigenvalue weighted by atomic mass is 10.1. The van der Waals surface area contributed by atoms with E-state index in [0.717, 1.165) is 11.3 Å². The monoisotopic (exact) mass is 404 g/mol. The van der Waals surface area contributed by atoms with E-state index in [1.54, 1.807) is 30.5 Å². The average Bonchev–Trinajstić information content (AvgIpc) is 3.34. The molecule has 0 bridgehead atoms. The van der Waals surface area contributed by atoms with Gasteiger partial charge in [-0.05, 0) is 30.5 Å². The Balaban J connectivity index is 1.64. The number of carboxylic acid groups (broad SMARTS) is 1. The van der Waals surface area contributed by atoms with E-state index in [1.165, 1.54) is 4.90 Å². The molecule has 2 heterocycles. The largest absolute Gasteiger partial charge is 0.465 e. The van der Waals surface area contributed by atoms with E-state index in [-0.39, 0.29) is 18.4 Å². The van der Waals surface area contributed by atoms with Crippen LogP contribution in [0.15, 0.2) is 60.8 Å². The fraction of sp³-hybridized carbons (Fsp3) is 0.182. The second-order valence-electron chi connectivity index (χ2n) is 6.96. The molecule has 8 heteroatoms. The molecule has 0 radical (unpaired) electrons. The van der Waals surface area contributed by atoms with Crippen molar-refractivity contribution in [3.63, 3.8) is 0 Å². The zero-order valence-corrected chi connectivity index (χ0v) is 16.0. The summed E-state index contributed by atoms with van der Waals surface area (Å²) in [5, 5.41) is 11.1. The number of imide groups is 1. The third-order valence-electron chi connectivity index (χ3n) is 5.06. The van der Waals surface area contributed by atoms with Crippen LogP contribution >= 0.6 is 0 Å². The van der Waals surface area contributed by atoms with Gasteiger partial charge in [-0.15, -0.1) is 0 Å². The molecule has 1 aliphatic heterocycles.